The molecule has 0 fully saturated rings. The van der Waals surface area contributed by atoms with Crippen LogP contribution < -0.4 is 0 Å². The molecule has 1 aliphatic rings. The van der Waals surface area contributed by atoms with Crippen LogP contribution in [0.1, 0.15) is 17.5 Å². The lowest BCUT2D eigenvalue weighted by Gasteiger charge is -2.30. The molecule has 100 valence electrons. The van der Waals surface area contributed by atoms with Gasteiger partial charge in [-0.1, -0.05) is 23.2 Å². The summed E-state index contributed by atoms with van der Waals surface area (Å²) in [6.45, 7) is 0. The van der Waals surface area contributed by atoms with Crippen molar-refractivity contribution >= 4 is 35.0 Å². The molecule has 1 aromatic heterocycles. The Morgan fingerprint density at radius 1 is 1.42 bits per heavy atom. The fraction of sp³-hybridized carbons (Fsp3) is 0.308. The number of aliphatic hydroxyl groups is 1. The van der Waals surface area contributed by atoms with Gasteiger partial charge in [-0.2, -0.15) is 0 Å². The summed E-state index contributed by atoms with van der Waals surface area (Å²) < 4.78 is 0. The average molecular weight is 315 g/mol. The molecular weight excluding hydrogens is 303 g/mol. The average Bonchev–Trinajstić information content (AvgIpc) is 2.85. The molecule has 1 aliphatic heterocycles. The van der Waals surface area contributed by atoms with Gasteiger partial charge < -0.3 is 10.1 Å². The molecule has 6 heteroatoms. The first-order chi connectivity index (χ1) is 9.15. The van der Waals surface area contributed by atoms with Gasteiger partial charge in [0, 0.05) is 51.0 Å². The summed E-state index contributed by atoms with van der Waals surface area (Å²) in [5, 5.41) is 11.6. The van der Waals surface area contributed by atoms with Crippen LogP contribution in [-0.2, 0) is 6.42 Å². The smallest absolute Gasteiger partial charge is 0.106 e. The number of H-pyrrole nitrogens is 1. The Balaban J connectivity index is 1.89. The Labute approximate surface area is 125 Å². The zero-order chi connectivity index (χ0) is 13.4. The molecule has 2 heterocycles. The summed E-state index contributed by atoms with van der Waals surface area (Å²) in [5.74, 6) is 1.81. The van der Waals surface area contributed by atoms with Gasteiger partial charge in [0.1, 0.15) is 5.82 Å². The van der Waals surface area contributed by atoms with E-state index in [0.29, 0.717) is 16.5 Å². The maximum absolute atomic E-state index is 10.5. The maximum Gasteiger partial charge on any atom is 0.106 e. The predicted octanol–water partition coefficient (Wildman–Crippen LogP) is 3.71. The first kappa shape index (κ1) is 13.3. The van der Waals surface area contributed by atoms with E-state index in [4.69, 9.17) is 23.2 Å². The van der Waals surface area contributed by atoms with Crippen molar-refractivity contribution in [3.05, 3.63) is 46.0 Å². The molecule has 19 heavy (non-hydrogen) atoms. The standard InChI is InChI=1S/C13H12Cl2N2OS/c14-8-4-9(15)12-10(5-8)19-6-7(13(12)18)3-11-16-1-2-17-11/h1-2,4-5,7,13,18H,3,6H2,(H,16,17)/t7-,13-/m0/s1. The second-order valence-corrected chi connectivity index (χ2v) is 6.46. The highest BCUT2D eigenvalue weighted by Crippen LogP contribution is 2.45. The molecule has 0 unspecified atom stereocenters. The number of nitrogens with one attached hydrogen (secondary N) is 1. The fourth-order valence-electron chi connectivity index (χ4n) is 2.32. The number of aliphatic hydroxyl groups excluding tert-OH is 1. The van der Waals surface area contributed by atoms with Crippen molar-refractivity contribution < 1.29 is 5.11 Å². The Kier molecular flexibility index (Phi) is 3.76. The number of aromatic amines is 1. The first-order valence-corrected chi connectivity index (χ1v) is 7.67. The zero-order valence-electron chi connectivity index (χ0n) is 9.94. The minimum Gasteiger partial charge on any atom is -0.388 e. The van der Waals surface area contributed by atoms with Crippen LogP contribution in [0.15, 0.2) is 29.4 Å². The Morgan fingerprint density at radius 3 is 3.00 bits per heavy atom. The van der Waals surface area contributed by atoms with E-state index in [-0.39, 0.29) is 5.92 Å². The molecule has 2 aromatic rings. The lowest BCUT2D eigenvalue weighted by molar-refractivity contribution is 0.114. The fourth-order valence-corrected chi connectivity index (χ4v) is 4.34. The number of fused-ring (bicyclic) bond motifs is 1. The molecule has 0 bridgehead atoms. The lowest BCUT2D eigenvalue weighted by Crippen LogP contribution is -2.23. The maximum atomic E-state index is 10.5. The normalized spacial score (nSPS) is 22.3. The van der Waals surface area contributed by atoms with Gasteiger partial charge in [0.25, 0.3) is 0 Å². The Morgan fingerprint density at radius 2 is 2.26 bits per heavy atom. The first-order valence-electron chi connectivity index (χ1n) is 5.93. The molecule has 2 N–H and O–H groups in total. The van der Waals surface area contributed by atoms with Gasteiger partial charge in [-0.3, -0.25) is 0 Å². The number of nitrogens with zero attached hydrogens (tertiary/aromatic N) is 1. The van der Waals surface area contributed by atoms with Crippen molar-refractivity contribution in [2.24, 2.45) is 5.92 Å². The highest BCUT2D eigenvalue weighted by atomic mass is 35.5. The summed E-state index contributed by atoms with van der Waals surface area (Å²) in [5.41, 5.74) is 0.791. The highest BCUT2D eigenvalue weighted by molar-refractivity contribution is 7.99. The van der Waals surface area contributed by atoms with E-state index < -0.39 is 6.10 Å². The third-order valence-electron chi connectivity index (χ3n) is 3.26. The molecule has 3 nitrogen and oxygen atoms in total. The summed E-state index contributed by atoms with van der Waals surface area (Å²) in [4.78, 5) is 8.25. The van der Waals surface area contributed by atoms with Crippen LogP contribution in [0.3, 0.4) is 0 Å². The second kappa shape index (κ2) is 5.37. The quantitative estimate of drug-likeness (QED) is 0.888. The van der Waals surface area contributed by atoms with Gasteiger partial charge in [-0.15, -0.1) is 11.8 Å². The minimum atomic E-state index is -0.578. The number of rotatable bonds is 2. The van der Waals surface area contributed by atoms with Gasteiger partial charge in [-0.05, 0) is 12.1 Å². The SMILES string of the molecule is O[C@@H]1c2c(Cl)cc(Cl)cc2SC[C@@H]1Cc1ncc[nH]1. The van der Waals surface area contributed by atoms with Crippen molar-refractivity contribution in [1.29, 1.82) is 0 Å². The van der Waals surface area contributed by atoms with E-state index in [1.807, 2.05) is 6.07 Å². The van der Waals surface area contributed by atoms with E-state index in [9.17, 15) is 5.11 Å². The van der Waals surface area contributed by atoms with Gasteiger partial charge in [0.15, 0.2) is 0 Å². The summed E-state index contributed by atoms with van der Waals surface area (Å²) in [7, 11) is 0. The Hall–Kier alpha value is -0.680. The monoisotopic (exact) mass is 314 g/mol. The number of halogens is 2. The number of benzene rings is 1. The number of hydrogen-bond donors (Lipinski definition) is 2. The number of thioether (sulfide) groups is 1. The molecule has 0 saturated heterocycles. The minimum absolute atomic E-state index is 0.0994. The van der Waals surface area contributed by atoms with Crippen molar-refractivity contribution in [2.45, 2.75) is 17.4 Å². The van der Waals surface area contributed by atoms with E-state index >= 15 is 0 Å². The number of imidazole rings is 1. The molecule has 0 spiro atoms. The van der Waals surface area contributed by atoms with Crippen LogP contribution in [0.5, 0.6) is 0 Å². The topological polar surface area (TPSA) is 48.9 Å². The molecule has 3 rings (SSSR count). The van der Waals surface area contributed by atoms with Crippen LogP contribution in [0.4, 0.5) is 0 Å². The van der Waals surface area contributed by atoms with Crippen LogP contribution >= 0.6 is 35.0 Å². The van der Waals surface area contributed by atoms with E-state index in [1.165, 1.54) is 0 Å². The van der Waals surface area contributed by atoms with Crippen molar-refractivity contribution in [3.8, 4) is 0 Å². The van der Waals surface area contributed by atoms with E-state index in [0.717, 1.165) is 22.0 Å². The highest BCUT2D eigenvalue weighted by Gasteiger charge is 2.31. The van der Waals surface area contributed by atoms with Crippen LogP contribution in [0, 0.1) is 5.92 Å². The molecule has 0 saturated carbocycles. The number of hydrogen-bond acceptors (Lipinski definition) is 3. The predicted molar refractivity (Wildman–Crippen MR) is 77.9 cm³/mol. The van der Waals surface area contributed by atoms with Crippen molar-refractivity contribution in [2.75, 3.05) is 5.75 Å². The largest absolute Gasteiger partial charge is 0.388 e. The van der Waals surface area contributed by atoms with E-state index in [1.54, 1.807) is 30.2 Å². The molecule has 0 aliphatic carbocycles. The van der Waals surface area contributed by atoms with Crippen LogP contribution in [0.25, 0.3) is 0 Å². The van der Waals surface area contributed by atoms with Gasteiger partial charge in [0.2, 0.25) is 0 Å². The van der Waals surface area contributed by atoms with Gasteiger partial charge in [-0.25, -0.2) is 4.98 Å². The van der Waals surface area contributed by atoms with Crippen LogP contribution in [0.2, 0.25) is 10.0 Å². The summed E-state index contributed by atoms with van der Waals surface area (Å²) in [6.07, 6.45) is 3.64. The van der Waals surface area contributed by atoms with Crippen molar-refractivity contribution in [3.63, 3.8) is 0 Å². The van der Waals surface area contributed by atoms with Gasteiger partial charge in [0.05, 0.1) is 6.10 Å². The number of aromatic nitrogens is 2. The lowest BCUT2D eigenvalue weighted by atomic mass is 9.93. The molecule has 2 atom stereocenters. The molecular formula is C13H12Cl2N2OS. The van der Waals surface area contributed by atoms with Gasteiger partial charge >= 0.3 is 0 Å². The van der Waals surface area contributed by atoms with Crippen LogP contribution in [-0.4, -0.2) is 20.8 Å². The second-order valence-electron chi connectivity index (χ2n) is 4.56. The molecule has 1 aromatic carbocycles. The third-order valence-corrected chi connectivity index (χ3v) is 5.04. The Bertz CT molecular complexity index is 589. The molecule has 0 radical (unpaired) electrons. The van der Waals surface area contributed by atoms with E-state index in [2.05, 4.69) is 9.97 Å². The molecule has 0 amide bonds. The summed E-state index contributed by atoms with van der Waals surface area (Å²) >= 11 is 13.9. The zero-order valence-corrected chi connectivity index (χ0v) is 12.3. The summed E-state index contributed by atoms with van der Waals surface area (Å²) in [6, 6.07) is 3.54. The third kappa shape index (κ3) is 2.63. The van der Waals surface area contributed by atoms with Crippen molar-refractivity contribution in [1.82, 2.24) is 9.97 Å².